The summed E-state index contributed by atoms with van der Waals surface area (Å²) < 4.78 is 26.7. The molecule has 1 N–H and O–H groups in total. The lowest BCUT2D eigenvalue weighted by Crippen LogP contribution is -2.33. The first-order chi connectivity index (χ1) is 11.9. The maximum atomic E-state index is 13.6. The summed E-state index contributed by atoms with van der Waals surface area (Å²) in [6.45, 7) is -0.245. The van der Waals surface area contributed by atoms with Crippen molar-refractivity contribution in [2.75, 3.05) is 18.9 Å². The van der Waals surface area contributed by atoms with Crippen LogP contribution in [0.2, 0.25) is 5.02 Å². The number of carbonyl (C=O) groups is 2. The van der Waals surface area contributed by atoms with Crippen molar-refractivity contribution in [3.8, 4) is 0 Å². The Morgan fingerprint density at radius 2 is 1.92 bits per heavy atom. The molecule has 25 heavy (non-hydrogen) atoms. The van der Waals surface area contributed by atoms with E-state index in [4.69, 9.17) is 11.6 Å². The molecular formula is C18H15ClF2N2O2. The Hall–Kier alpha value is -2.73. The lowest BCUT2D eigenvalue weighted by molar-refractivity contribution is -0.129. The topological polar surface area (TPSA) is 49.4 Å². The number of nitrogens with zero attached hydrogens (tertiary/aromatic N) is 1. The van der Waals surface area contributed by atoms with Gasteiger partial charge in [0.1, 0.15) is 11.6 Å². The van der Waals surface area contributed by atoms with Gasteiger partial charge in [0.25, 0.3) is 0 Å². The molecule has 0 aliphatic heterocycles. The van der Waals surface area contributed by atoms with Gasteiger partial charge in [-0.25, -0.2) is 8.78 Å². The van der Waals surface area contributed by atoms with Gasteiger partial charge in [0.05, 0.1) is 11.6 Å². The molecule has 0 bridgehead atoms. The molecule has 0 atom stereocenters. The SMILES string of the molecule is CN(CC(=O)Nc1cccc(F)c1)C(=O)/C=C/c1c(F)cccc1Cl. The van der Waals surface area contributed by atoms with Gasteiger partial charge in [0, 0.05) is 24.4 Å². The molecule has 0 aliphatic rings. The number of hydrogen-bond acceptors (Lipinski definition) is 2. The van der Waals surface area contributed by atoms with Gasteiger partial charge < -0.3 is 10.2 Å². The van der Waals surface area contributed by atoms with E-state index in [1.165, 1.54) is 55.6 Å². The molecule has 7 heteroatoms. The molecule has 0 saturated carbocycles. The van der Waals surface area contributed by atoms with Crippen LogP contribution in [-0.2, 0) is 9.59 Å². The fourth-order valence-corrected chi connectivity index (χ4v) is 2.24. The molecule has 0 aromatic heterocycles. The number of benzene rings is 2. The van der Waals surface area contributed by atoms with Crippen molar-refractivity contribution in [3.05, 3.63) is 70.8 Å². The molecule has 0 spiro atoms. The summed E-state index contributed by atoms with van der Waals surface area (Å²) in [6.07, 6.45) is 2.38. The number of carbonyl (C=O) groups excluding carboxylic acids is 2. The molecule has 2 aromatic rings. The minimum Gasteiger partial charge on any atom is -0.333 e. The lowest BCUT2D eigenvalue weighted by atomic mass is 10.2. The van der Waals surface area contributed by atoms with E-state index in [0.717, 1.165) is 11.0 Å². The zero-order chi connectivity index (χ0) is 18.4. The van der Waals surface area contributed by atoms with E-state index in [9.17, 15) is 18.4 Å². The van der Waals surface area contributed by atoms with Gasteiger partial charge in [0.15, 0.2) is 0 Å². The number of hydrogen-bond donors (Lipinski definition) is 1. The summed E-state index contributed by atoms with van der Waals surface area (Å²) in [6, 6.07) is 9.60. The zero-order valence-corrected chi connectivity index (χ0v) is 14.1. The second-order valence-electron chi connectivity index (χ2n) is 5.22. The van der Waals surface area contributed by atoms with Crippen LogP contribution in [0, 0.1) is 11.6 Å². The fraction of sp³-hybridized carbons (Fsp3) is 0.111. The molecule has 2 aromatic carbocycles. The van der Waals surface area contributed by atoms with Gasteiger partial charge in [-0.2, -0.15) is 0 Å². The Labute approximate surface area is 148 Å². The smallest absolute Gasteiger partial charge is 0.246 e. The third-order valence-electron chi connectivity index (χ3n) is 3.26. The zero-order valence-electron chi connectivity index (χ0n) is 13.3. The summed E-state index contributed by atoms with van der Waals surface area (Å²) >= 11 is 5.87. The van der Waals surface area contributed by atoms with Crippen molar-refractivity contribution in [1.82, 2.24) is 4.90 Å². The largest absolute Gasteiger partial charge is 0.333 e. The van der Waals surface area contributed by atoms with Crippen LogP contribution in [-0.4, -0.2) is 30.3 Å². The molecule has 0 radical (unpaired) electrons. The van der Waals surface area contributed by atoms with E-state index in [-0.39, 0.29) is 17.1 Å². The van der Waals surface area contributed by atoms with E-state index < -0.39 is 23.4 Å². The highest BCUT2D eigenvalue weighted by Gasteiger charge is 2.12. The summed E-state index contributed by atoms with van der Waals surface area (Å²) in [5.74, 6) is -2.03. The van der Waals surface area contributed by atoms with Crippen LogP contribution in [0.25, 0.3) is 6.08 Å². The molecule has 2 rings (SSSR count). The average Bonchev–Trinajstić information content (AvgIpc) is 2.54. The second kappa shape index (κ2) is 8.39. The van der Waals surface area contributed by atoms with Gasteiger partial charge in [-0.1, -0.05) is 23.7 Å². The van der Waals surface area contributed by atoms with Crippen molar-refractivity contribution in [2.24, 2.45) is 0 Å². The Morgan fingerprint density at radius 1 is 1.20 bits per heavy atom. The highest BCUT2D eigenvalue weighted by Crippen LogP contribution is 2.20. The van der Waals surface area contributed by atoms with Crippen LogP contribution in [0.4, 0.5) is 14.5 Å². The first-order valence-electron chi connectivity index (χ1n) is 7.29. The molecule has 0 fully saturated rings. The van der Waals surface area contributed by atoms with E-state index in [1.807, 2.05) is 0 Å². The number of halogens is 3. The monoisotopic (exact) mass is 364 g/mol. The summed E-state index contributed by atoms with van der Waals surface area (Å²) in [5, 5.41) is 2.66. The summed E-state index contributed by atoms with van der Waals surface area (Å²) in [4.78, 5) is 25.0. The average molecular weight is 365 g/mol. The third-order valence-corrected chi connectivity index (χ3v) is 3.59. The molecule has 0 saturated heterocycles. The number of rotatable bonds is 5. The molecule has 0 heterocycles. The van der Waals surface area contributed by atoms with Crippen LogP contribution in [0.3, 0.4) is 0 Å². The van der Waals surface area contributed by atoms with E-state index in [1.54, 1.807) is 0 Å². The maximum absolute atomic E-state index is 13.6. The second-order valence-corrected chi connectivity index (χ2v) is 5.63. The van der Waals surface area contributed by atoms with Gasteiger partial charge >= 0.3 is 0 Å². The fourth-order valence-electron chi connectivity index (χ4n) is 2.01. The van der Waals surface area contributed by atoms with Gasteiger partial charge in [-0.3, -0.25) is 9.59 Å². The number of nitrogens with one attached hydrogen (secondary N) is 1. The van der Waals surface area contributed by atoms with Gasteiger partial charge in [0.2, 0.25) is 11.8 Å². The van der Waals surface area contributed by atoms with Crippen molar-refractivity contribution in [1.29, 1.82) is 0 Å². The number of anilines is 1. The summed E-state index contributed by atoms with van der Waals surface area (Å²) in [7, 11) is 1.42. The van der Waals surface area contributed by atoms with Crippen LogP contribution in [0.15, 0.2) is 48.5 Å². The van der Waals surface area contributed by atoms with Crippen LogP contribution < -0.4 is 5.32 Å². The normalized spacial score (nSPS) is 10.7. The summed E-state index contributed by atoms with van der Waals surface area (Å²) in [5.41, 5.74) is 0.384. The predicted octanol–water partition coefficient (Wildman–Crippen LogP) is 3.73. The van der Waals surface area contributed by atoms with E-state index in [0.29, 0.717) is 5.69 Å². The van der Waals surface area contributed by atoms with Crippen LogP contribution in [0.1, 0.15) is 5.56 Å². The highest BCUT2D eigenvalue weighted by atomic mass is 35.5. The minimum absolute atomic E-state index is 0.0927. The van der Waals surface area contributed by atoms with E-state index >= 15 is 0 Å². The Kier molecular flexibility index (Phi) is 6.25. The predicted molar refractivity (Wildman–Crippen MR) is 93.1 cm³/mol. The van der Waals surface area contributed by atoms with Crippen molar-refractivity contribution >= 4 is 35.2 Å². The Balaban J connectivity index is 1.95. The Morgan fingerprint density at radius 3 is 2.60 bits per heavy atom. The molecule has 2 amide bonds. The van der Waals surface area contributed by atoms with E-state index in [2.05, 4.69) is 5.32 Å². The third kappa shape index (κ3) is 5.39. The quantitative estimate of drug-likeness (QED) is 0.822. The molecule has 4 nitrogen and oxygen atoms in total. The molecule has 130 valence electrons. The minimum atomic E-state index is -0.553. The lowest BCUT2D eigenvalue weighted by Gasteiger charge is -2.15. The first-order valence-corrected chi connectivity index (χ1v) is 7.67. The Bertz CT molecular complexity index is 804. The van der Waals surface area contributed by atoms with Crippen molar-refractivity contribution < 1.29 is 18.4 Å². The van der Waals surface area contributed by atoms with Crippen molar-refractivity contribution in [3.63, 3.8) is 0 Å². The molecular weight excluding hydrogens is 350 g/mol. The number of likely N-dealkylation sites (N-methyl/N-ethyl adjacent to an activating group) is 1. The van der Waals surface area contributed by atoms with Gasteiger partial charge in [-0.05, 0) is 36.4 Å². The standard InChI is InChI=1S/C18H15ClF2N2O2/c1-23(11-17(24)22-13-5-2-4-12(20)10-13)18(25)9-8-14-15(19)6-3-7-16(14)21/h2-10H,11H2,1H3,(H,22,24)/b9-8+. The first kappa shape index (κ1) is 18.6. The maximum Gasteiger partial charge on any atom is 0.246 e. The highest BCUT2D eigenvalue weighted by molar-refractivity contribution is 6.32. The van der Waals surface area contributed by atoms with Crippen LogP contribution >= 0.6 is 11.6 Å². The number of amides is 2. The molecule has 0 aliphatic carbocycles. The molecule has 0 unspecified atom stereocenters. The van der Waals surface area contributed by atoms with Crippen LogP contribution in [0.5, 0.6) is 0 Å². The van der Waals surface area contributed by atoms with Gasteiger partial charge in [-0.15, -0.1) is 0 Å². The van der Waals surface area contributed by atoms with Crippen molar-refractivity contribution in [2.45, 2.75) is 0 Å².